The summed E-state index contributed by atoms with van der Waals surface area (Å²) in [5, 5.41) is 0.449. The molecule has 0 spiro atoms. The topological polar surface area (TPSA) is 85.5 Å². The first-order valence-electron chi connectivity index (χ1n) is 8.74. The summed E-state index contributed by atoms with van der Waals surface area (Å²) in [6.07, 6.45) is -0.0310. The van der Waals surface area contributed by atoms with Crippen molar-refractivity contribution >= 4 is 38.6 Å². The fraction of sp³-hybridized carbons (Fsp3) is 0.250. The first kappa shape index (κ1) is 17.5. The zero-order valence-electron chi connectivity index (χ0n) is 14.8. The number of nitrogens with two attached hydrogens (primary N) is 1. The van der Waals surface area contributed by atoms with E-state index in [2.05, 4.69) is 11.1 Å². The highest BCUT2D eigenvalue weighted by Crippen LogP contribution is 2.25. The number of hydrogen-bond acceptors (Lipinski definition) is 6. The molecule has 7 heteroatoms. The molecule has 0 bridgehead atoms. The van der Waals surface area contributed by atoms with Crippen LogP contribution in [0.15, 0.2) is 42.5 Å². The molecule has 2 aromatic carbocycles. The average Bonchev–Trinajstić information content (AvgIpc) is 3.06. The average molecular weight is 381 g/mol. The largest absolute Gasteiger partial charge is 0.449 e. The Morgan fingerprint density at radius 1 is 1.22 bits per heavy atom. The van der Waals surface area contributed by atoms with Crippen LogP contribution in [0.3, 0.4) is 0 Å². The van der Waals surface area contributed by atoms with Crippen LogP contribution >= 0.6 is 11.3 Å². The van der Waals surface area contributed by atoms with Gasteiger partial charge in [-0.3, -0.25) is 4.79 Å². The number of amides is 1. The molecule has 1 amide bonds. The molecule has 2 heterocycles. The van der Waals surface area contributed by atoms with Gasteiger partial charge in [0.05, 0.1) is 15.8 Å². The predicted octanol–water partition coefficient (Wildman–Crippen LogP) is 3.01. The number of thiazole rings is 1. The third-order valence-electron chi connectivity index (χ3n) is 4.71. The quantitative estimate of drug-likeness (QED) is 0.705. The van der Waals surface area contributed by atoms with Crippen LogP contribution in [0.1, 0.15) is 28.4 Å². The van der Waals surface area contributed by atoms with E-state index in [0.29, 0.717) is 23.8 Å². The minimum absolute atomic E-state index is 0.180. The van der Waals surface area contributed by atoms with Crippen molar-refractivity contribution < 1.29 is 14.3 Å². The molecular weight excluding hydrogens is 362 g/mol. The van der Waals surface area contributed by atoms with Crippen molar-refractivity contribution in [2.24, 2.45) is 0 Å². The summed E-state index contributed by atoms with van der Waals surface area (Å²) >= 11 is 1.31. The molecule has 0 saturated heterocycles. The Morgan fingerprint density at radius 3 is 2.81 bits per heavy atom. The van der Waals surface area contributed by atoms with E-state index in [4.69, 9.17) is 10.5 Å². The molecule has 0 aliphatic carbocycles. The van der Waals surface area contributed by atoms with Gasteiger partial charge in [0.25, 0.3) is 5.91 Å². The molecule has 0 saturated carbocycles. The van der Waals surface area contributed by atoms with Gasteiger partial charge >= 0.3 is 5.97 Å². The first-order chi connectivity index (χ1) is 13.0. The van der Waals surface area contributed by atoms with E-state index in [1.165, 1.54) is 16.9 Å². The van der Waals surface area contributed by atoms with Gasteiger partial charge in [-0.2, -0.15) is 0 Å². The number of benzene rings is 2. The van der Waals surface area contributed by atoms with Crippen molar-refractivity contribution in [1.29, 1.82) is 0 Å². The zero-order chi connectivity index (χ0) is 19.0. The minimum atomic E-state index is -0.843. The molecule has 0 radical (unpaired) electrons. The van der Waals surface area contributed by atoms with Gasteiger partial charge < -0.3 is 15.4 Å². The fourth-order valence-electron chi connectivity index (χ4n) is 3.29. The number of nitrogen functional groups attached to an aromatic ring is 1. The molecule has 138 valence electrons. The molecule has 1 aliphatic heterocycles. The first-order valence-corrected chi connectivity index (χ1v) is 9.55. The summed E-state index contributed by atoms with van der Waals surface area (Å²) in [4.78, 5) is 31.1. The zero-order valence-corrected chi connectivity index (χ0v) is 15.7. The van der Waals surface area contributed by atoms with Crippen LogP contribution in [0.25, 0.3) is 10.2 Å². The van der Waals surface area contributed by atoms with E-state index < -0.39 is 12.1 Å². The molecule has 4 rings (SSSR count). The summed E-state index contributed by atoms with van der Waals surface area (Å²) in [5.41, 5.74) is 9.23. The summed E-state index contributed by atoms with van der Waals surface area (Å²) in [5.74, 6) is -0.705. The minimum Gasteiger partial charge on any atom is -0.449 e. The number of rotatable bonds is 3. The second kappa shape index (κ2) is 7.00. The number of aromatic nitrogens is 1. The van der Waals surface area contributed by atoms with Gasteiger partial charge in [-0.15, -0.1) is 0 Å². The van der Waals surface area contributed by atoms with Gasteiger partial charge in [-0.05, 0) is 42.7 Å². The van der Waals surface area contributed by atoms with Crippen LogP contribution in [0, 0.1) is 0 Å². The lowest BCUT2D eigenvalue weighted by atomic mass is 9.99. The summed E-state index contributed by atoms with van der Waals surface area (Å²) in [6.45, 7) is 2.79. The number of esters is 1. The van der Waals surface area contributed by atoms with Gasteiger partial charge in [0.2, 0.25) is 0 Å². The number of hydrogen-bond donors (Lipinski definition) is 1. The predicted molar refractivity (Wildman–Crippen MR) is 104 cm³/mol. The van der Waals surface area contributed by atoms with Crippen LogP contribution < -0.4 is 5.73 Å². The van der Waals surface area contributed by atoms with Crippen molar-refractivity contribution in [3.8, 4) is 0 Å². The fourth-order valence-corrected chi connectivity index (χ4v) is 4.06. The van der Waals surface area contributed by atoms with Gasteiger partial charge in [-0.25, -0.2) is 9.78 Å². The summed E-state index contributed by atoms with van der Waals surface area (Å²) < 4.78 is 6.23. The number of anilines is 1. The molecule has 2 N–H and O–H groups in total. The normalized spacial score (nSPS) is 14.6. The Hall–Kier alpha value is -2.93. The smallest absolute Gasteiger partial charge is 0.338 e. The number of fused-ring (bicyclic) bond motifs is 2. The Balaban J connectivity index is 1.44. The SMILES string of the molecule is C[C@@H](OC(=O)c1ccc2nc(N)sc2c1)C(=O)N1CCc2ccccc2C1. The highest BCUT2D eigenvalue weighted by atomic mass is 32.1. The van der Waals surface area contributed by atoms with E-state index in [1.807, 2.05) is 18.2 Å². The summed E-state index contributed by atoms with van der Waals surface area (Å²) in [6, 6.07) is 13.2. The Kier molecular flexibility index (Phi) is 4.53. The lowest BCUT2D eigenvalue weighted by Crippen LogP contribution is -2.42. The van der Waals surface area contributed by atoms with Crippen molar-refractivity contribution in [3.05, 3.63) is 59.2 Å². The molecule has 0 fully saturated rings. The lowest BCUT2D eigenvalue weighted by Gasteiger charge is -2.30. The number of carbonyl (C=O) groups is 2. The maximum Gasteiger partial charge on any atom is 0.338 e. The second-order valence-electron chi connectivity index (χ2n) is 6.56. The summed E-state index contributed by atoms with van der Waals surface area (Å²) in [7, 11) is 0. The van der Waals surface area contributed by atoms with E-state index in [0.717, 1.165) is 22.2 Å². The van der Waals surface area contributed by atoms with Crippen LogP contribution in [0.2, 0.25) is 0 Å². The molecule has 1 aromatic heterocycles. The molecular formula is C20H19N3O3S. The van der Waals surface area contributed by atoms with Gasteiger partial charge in [0.1, 0.15) is 0 Å². The number of ether oxygens (including phenoxy) is 1. The lowest BCUT2D eigenvalue weighted by molar-refractivity contribution is -0.140. The van der Waals surface area contributed by atoms with Crippen LogP contribution in [0.4, 0.5) is 5.13 Å². The maximum atomic E-state index is 12.7. The van der Waals surface area contributed by atoms with Crippen molar-refractivity contribution in [2.45, 2.75) is 26.0 Å². The molecule has 6 nitrogen and oxygen atoms in total. The Morgan fingerprint density at radius 2 is 2.00 bits per heavy atom. The van der Waals surface area contributed by atoms with E-state index in [9.17, 15) is 9.59 Å². The maximum absolute atomic E-state index is 12.7. The van der Waals surface area contributed by atoms with Crippen molar-refractivity contribution in [1.82, 2.24) is 9.88 Å². The highest BCUT2D eigenvalue weighted by molar-refractivity contribution is 7.22. The monoisotopic (exact) mass is 381 g/mol. The Bertz CT molecular complexity index is 1030. The molecule has 27 heavy (non-hydrogen) atoms. The highest BCUT2D eigenvalue weighted by Gasteiger charge is 2.27. The molecule has 1 aliphatic rings. The number of nitrogens with zero attached hydrogens (tertiary/aromatic N) is 2. The van der Waals surface area contributed by atoms with E-state index in [1.54, 1.807) is 30.0 Å². The molecule has 3 aromatic rings. The van der Waals surface area contributed by atoms with E-state index >= 15 is 0 Å². The number of carbonyl (C=O) groups excluding carboxylic acids is 2. The third-order valence-corrected chi connectivity index (χ3v) is 5.56. The van der Waals surface area contributed by atoms with Crippen molar-refractivity contribution in [3.63, 3.8) is 0 Å². The van der Waals surface area contributed by atoms with Crippen LogP contribution in [-0.2, 0) is 22.5 Å². The van der Waals surface area contributed by atoms with Crippen molar-refractivity contribution in [2.75, 3.05) is 12.3 Å². The second-order valence-corrected chi connectivity index (χ2v) is 7.62. The molecule has 1 atom stereocenters. The Labute approximate surface area is 160 Å². The van der Waals surface area contributed by atoms with Gasteiger partial charge in [0.15, 0.2) is 11.2 Å². The van der Waals surface area contributed by atoms with Crippen LogP contribution in [-0.4, -0.2) is 34.4 Å². The van der Waals surface area contributed by atoms with Gasteiger partial charge in [0, 0.05) is 13.1 Å². The van der Waals surface area contributed by atoms with E-state index in [-0.39, 0.29) is 5.91 Å². The third kappa shape index (κ3) is 3.50. The standard InChI is InChI=1S/C20H19N3O3S/c1-12(18(24)23-9-8-13-4-2-3-5-15(13)11-23)26-19(25)14-6-7-16-17(10-14)27-20(21)22-16/h2-7,10,12H,8-9,11H2,1H3,(H2,21,22)/t12-/m1/s1. The molecule has 0 unspecified atom stereocenters. The van der Waals surface area contributed by atoms with Crippen LogP contribution in [0.5, 0.6) is 0 Å². The van der Waals surface area contributed by atoms with Gasteiger partial charge in [-0.1, -0.05) is 35.6 Å².